The molecule has 1 aliphatic rings. The molecule has 0 radical (unpaired) electrons. The zero-order valence-electron chi connectivity index (χ0n) is 10.8. The van der Waals surface area contributed by atoms with Crippen molar-refractivity contribution in [3.63, 3.8) is 0 Å². The number of nitrogen functional groups attached to an aromatic ring is 1. The third kappa shape index (κ3) is 2.41. The van der Waals surface area contributed by atoms with E-state index in [1.54, 1.807) is 0 Å². The molecule has 0 atom stereocenters. The van der Waals surface area contributed by atoms with Gasteiger partial charge in [0.15, 0.2) is 5.82 Å². The van der Waals surface area contributed by atoms with Gasteiger partial charge >= 0.3 is 0 Å². The summed E-state index contributed by atoms with van der Waals surface area (Å²) in [7, 11) is 0. The Morgan fingerprint density at radius 2 is 1.89 bits per heavy atom. The van der Waals surface area contributed by atoms with Crippen LogP contribution in [0.5, 0.6) is 0 Å². The minimum absolute atomic E-state index is 0.570. The quantitative estimate of drug-likeness (QED) is 0.858. The van der Waals surface area contributed by atoms with Crippen molar-refractivity contribution in [1.82, 2.24) is 10.2 Å². The van der Waals surface area contributed by atoms with Crippen molar-refractivity contribution in [3.8, 4) is 11.1 Å². The first-order valence-electron chi connectivity index (χ1n) is 6.86. The van der Waals surface area contributed by atoms with Gasteiger partial charge < -0.3 is 5.73 Å². The van der Waals surface area contributed by atoms with E-state index >= 15 is 0 Å². The molecule has 1 aromatic carbocycles. The van der Waals surface area contributed by atoms with E-state index in [-0.39, 0.29) is 0 Å². The number of aromatic nitrogens is 2. The van der Waals surface area contributed by atoms with Crippen molar-refractivity contribution in [2.75, 3.05) is 5.73 Å². The Labute approximate surface area is 121 Å². The summed E-state index contributed by atoms with van der Waals surface area (Å²) in [5, 5.41) is 7.41. The smallest absolute Gasteiger partial charge is 0.153 e. The van der Waals surface area contributed by atoms with Crippen molar-refractivity contribution in [2.45, 2.75) is 38.0 Å². The van der Waals surface area contributed by atoms with Gasteiger partial charge in [-0.05, 0) is 18.9 Å². The molecule has 3 nitrogen and oxygen atoms in total. The predicted octanol–water partition coefficient (Wildman–Crippen LogP) is 4.47. The van der Waals surface area contributed by atoms with Crippen molar-refractivity contribution >= 4 is 21.7 Å². The molecule has 0 aliphatic heterocycles. The van der Waals surface area contributed by atoms with E-state index < -0.39 is 0 Å². The molecule has 0 unspecified atom stereocenters. The SMILES string of the molecule is Nc1n[nH]c(C2CCCCC2)c1-c1ccccc1Br. The number of benzene rings is 1. The first-order chi connectivity index (χ1) is 9.27. The second-order valence-electron chi connectivity index (χ2n) is 5.21. The zero-order chi connectivity index (χ0) is 13.2. The van der Waals surface area contributed by atoms with Crippen molar-refractivity contribution in [1.29, 1.82) is 0 Å². The molecule has 1 heterocycles. The van der Waals surface area contributed by atoms with Crippen LogP contribution in [0.1, 0.15) is 43.7 Å². The predicted molar refractivity (Wildman–Crippen MR) is 82.0 cm³/mol. The van der Waals surface area contributed by atoms with Crippen LogP contribution < -0.4 is 5.73 Å². The molecule has 0 spiro atoms. The zero-order valence-corrected chi connectivity index (χ0v) is 12.4. The molecule has 0 saturated heterocycles. The third-order valence-corrected chi connectivity index (χ3v) is 4.67. The fourth-order valence-corrected chi connectivity index (χ4v) is 3.49. The second kappa shape index (κ2) is 5.37. The van der Waals surface area contributed by atoms with E-state index in [2.05, 4.69) is 32.2 Å². The monoisotopic (exact) mass is 319 g/mol. The molecular weight excluding hydrogens is 302 g/mol. The maximum Gasteiger partial charge on any atom is 0.153 e. The summed E-state index contributed by atoms with van der Waals surface area (Å²) >= 11 is 3.61. The highest BCUT2D eigenvalue weighted by Crippen LogP contribution is 2.41. The largest absolute Gasteiger partial charge is 0.382 e. The normalized spacial score (nSPS) is 16.7. The van der Waals surface area contributed by atoms with Crippen molar-refractivity contribution in [2.24, 2.45) is 0 Å². The van der Waals surface area contributed by atoms with E-state index in [4.69, 9.17) is 5.73 Å². The second-order valence-corrected chi connectivity index (χ2v) is 6.07. The number of hydrogen-bond donors (Lipinski definition) is 2. The maximum absolute atomic E-state index is 6.09. The summed E-state index contributed by atoms with van der Waals surface area (Å²) in [5.41, 5.74) is 9.51. The minimum atomic E-state index is 0.570. The lowest BCUT2D eigenvalue weighted by molar-refractivity contribution is 0.437. The van der Waals surface area contributed by atoms with Crippen LogP contribution in [0.2, 0.25) is 0 Å². The molecule has 4 heteroatoms. The molecule has 0 bridgehead atoms. The molecule has 100 valence electrons. The van der Waals surface area contributed by atoms with Crippen LogP contribution in [0.4, 0.5) is 5.82 Å². The highest BCUT2D eigenvalue weighted by atomic mass is 79.9. The summed E-state index contributed by atoms with van der Waals surface area (Å²) in [6, 6.07) is 8.20. The van der Waals surface area contributed by atoms with Gasteiger partial charge in [0.2, 0.25) is 0 Å². The molecule has 1 fully saturated rings. The number of halogens is 1. The molecule has 0 amide bonds. The van der Waals surface area contributed by atoms with Crippen LogP contribution in [0, 0.1) is 0 Å². The Morgan fingerprint density at radius 1 is 1.16 bits per heavy atom. The molecule has 3 N–H and O–H groups in total. The Balaban J connectivity index is 2.06. The maximum atomic E-state index is 6.09. The molecule has 1 saturated carbocycles. The number of nitrogens with zero attached hydrogens (tertiary/aromatic N) is 1. The Bertz CT molecular complexity index is 571. The summed E-state index contributed by atoms with van der Waals surface area (Å²) in [4.78, 5) is 0. The van der Waals surface area contributed by atoms with Gasteiger partial charge in [-0.3, -0.25) is 5.10 Å². The van der Waals surface area contributed by atoms with Crippen LogP contribution >= 0.6 is 15.9 Å². The summed E-state index contributed by atoms with van der Waals surface area (Å²) in [6.45, 7) is 0. The lowest BCUT2D eigenvalue weighted by atomic mass is 9.84. The van der Waals surface area contributed by atoms with Crippen LogP contribution in [-0.4, -0.2) is 10.2 Å². The molecule has 3 rings (SSSR count). The van der Waals surface area contributed by atoms with Gasteiger partial charge in [-0.25, -0.2) is 0 Å². The number of aromatic amines is 1. The number of nitrogens with two attached hydrogens (primary N) is 1. The van der Waals surface area contributed by atoms with Gasteiger partial charge in [-0.1, -0.05) is 53.4 Å². The summed E-state index contributed by atoms with van der Waals surface area (Å²) in [6.07, 6.45) is 6.43. The summed E-state index contributed by atoms with van der Waals surface area (Å²) < 4.78 is 1.07. The van der Waals surface area contributed by atoms with Gasteiger partial charge in [0.05, 0.1) is 0 Å². The average Bonchev–Trinajstić information content (AvgIpc) is 2.82. The van der Waals surface area contributed by atoms with Crippen LogP contribution in [-0.2, 0) is 0 Å². The van der Waals surface area contributed by atoms with E-state index in [0.717, 1.165) is 15.6 Å². The first-order valence-corrected chi connectivity index (χ1v) is 7.65. The van der Waals surface area contributed by atoms with Crippen molar-refractivity contribution < 1.29 is 0 Å². The highest BCUT2D eigenvalue weighted by Gasteiger charge is 2.23. The van der Waals surface area contributed by atoms with E-state index in [1.807, 2.05) is 18.2 Å². The van der Waals surface area contributed by atoms with Gasteiger partial charge in [-0.2, -0.15) is 5.10 Å². The first kappa shape index (κ1) is 12.7. The molecule has 19 heavy (non-hydrogen) atoms. The van der Waals surface area contributed by atoms with Gasteiger partial charge in [0.1, 0.15) is 0 Å². The lowest BCUT2D eigenvalue weighted by Crippen LogP contribution is -2.06. The standard InChI is InChI=1S/C15H18BrN3/c16-12-9-5-4-8-11(12)13-14(18-19-15(13)17)10-6-2-1-3-7-10/h4-5,8-10H,1-3,6-7H2,(H3,17,18,19). The molecule has 2 aromatic rings. The van der Waals surface area contributed by atoms with Crippen LogP contribution in [0.15, 0.2) is 28.7 Å². The fraction of sp³-hybridized carbons (Fsp3) is 0.400. The van der Waals surface area contributed by atoms with Gasteiger partial charge in [-0.15, -0.1) is 0 Å². The van der Waals surface area contributed by atoms with E-state index in [1.165, 1.54) is 37.8 Å². The average molecular weight is 320 g/mol. The third-order valence-electron chi connectivity index (χ3n) is 3.98. The topological polar surface area (TPSA) is 54.7 Å². The summed E-state index contributed by atoms with van der Waals surface area (Å²) in [5.74, 6) is 1.17. The Morgan fingerprint density at radius 3 is 2.63 bits per heavy atom. The Kier molecular flexibility index (Phi) is 3.60. The van der Waals surface area contributed by atoms with Gasteiger partial charge in [0, 0.05) is 27.2 Å². The molecule has 1 aliphatic carbocycles. The highest BCUT2D eigenvalue weighted by molar-refractivity contribution is 9.10. The number of hydrogen-bond acceptors (Lipinski definition) is 2. The number of anilines is 1. The molecule has 1 aromatic heterocycles. The number of nitrogens with one attached hydrogen (secondary N) is 1. The van der Waals surface area contributed by atoms with Crippen LogP contribution in [0.25, 0.3) is 11.1 Å². The molecular formula is C15H18BrN3. The van der Waals surface area contributed by atoms with Gasteiger partial charge in [0.25, 0.3) is 0 Å². The minimum Gasteiger partial charge on any atom is -0.382 e. The Hall–Kier alpha value is -1.29. The number of H-pyrrole nitrogens is 1. The van der Waals surface area contributed by atoms with E-state index in [9.17, 15) is 0 Å². The van der Waals surface area contributed by atoms with Crippen molar-refractivity contribution in [3.05, 3.63) is 34.4 Å². The lowest BCUT2D eigenvalue weighted by Gasteiger charge is -2.21. The number of rotatable bonds is 2. The fourth-order valence-electron chi connectivity index (χ4n) is 3.00. The van der Waals surface area contributed by atoms with Crippen LogP contribution in [0.3, 0.4) is 0 Å². The van der Waals surface area contributed by atoms with E-state index in [0.29, 0.717) is 11.7 Å².